The average Bonchev–Trinajstić information content (AvgIpc) is 3.24. The molecule has 0 spiro atoms. The van der Waals surface area contributed by atoms with Crippen molar-refractivity contribution in [2.24, 2.45) is 0 Å². The van der Waals surface area contributed by atoms with E-state index in [0.717, 1.165) is 65.7 Å². The van der Waals surface area contributed by atoms with Crippen molar-refractivity contribution in [2.75, 3.05) is 26.7 Å². The summed E-state index contributed by atoms with van der Waals surface area (Å²) in [5.41, 5.74) is 5.83. The molecule has 1 N–H and O–H groups in total. The van der Waals surface area contributed by atoms with Crippen LogP contribution in [0, 0.1) is 6.92 Å². The third kappa shape index (κ3) is 6.29. The molecule has 1 atom stereocenters. The number of fused-ring (bicyclic) bond motifs is 1. The van der Waals surface area contributed by atoms with Gasteiger partial charge in [-0.05, 0) is 70.5 Å². The number of methoxy groups -OCH3 is 1. The smallest absolute Gasteiger partial charge is 0.244 e. The molecule has 0 bridgehead atoms. The Morgan fingerprint density at radius 2 is 1.88 bits per heavy atom. The van der Waals surface area contributed by atoms with E-state index in [1.165, 1.54) is 5.56 Å². The largest absolute Gasteiger partial charge is 0.496 e. The summed E-state index contributed by atoms with van der Waals surface area (Å²) < 4.78 is 11.5. The molecular weight excluding hydrogens is 424 g/mol. The number of furan rings is 1. The van der Waals surface area contributed by atoms with Gasteiger partial charge in [0.2, 0.25) is 5.91 Å². The maximum absolute atomic E-state index is 12.7. The van der Waals surface area contributed by atoms with Crippen LogP contribution in [0.25, 0.3) is 27.7 Å². The highest BCUT2D eigenvalue weighted by atomic mass is 16.5. The van der Waals surface area contributed by atoms with Crippen LogP contribution in [0.15, 0.2) is 53.2 Å². The number of nitrogens with zero attached hydrogens (tertiary/aromatic N) is 1. The molecule has 0 aliphatic rings. The Kier molecular flexibility index (Phi) is 8.94. The summed E-state index contributed by atoms with van der Waals surface area (Å²) in [6.07, 6.45) is 5.47. The Bertz CT molecular complexity index is 1120. The molecule has 1 amide bonds. The minimum absolute atomic E-state index is 0.0825. The van der Waals surface area contributed by atoms with Crippen LogP contribution in [-0.4, -0.2) is 43.6 Å². The number of carbonyl (C=O) groups excluding carboxylic acids is 1. The standard InChI is InChI=1S/C29H38N2O3/c1-7-31(8-2)15-9-10-22(5)30-29(32)16-21(4)24-17-25-26(23-13-11-20(3)12-14-23)19-34-28(25)18-27(24)33-6/h11-14,16-19,22H,7-10,15H2,1-6H3,(H,30,32)/b21-16+. The Morgan fingerprint density at radius 3 is 2.53 bits per heavy atom. The fourth-order valence-electron chi connectivity index (χ4n) is 4.28. The predicted molar refractivity (Wildman–Crippen MR) is 141 cm³/mol. The number of carbonyl (C=O) groups is 1. The van der Waals surface area contributed by atoms with Gasteiger partial charge in [0, 0.05) is 34.7 Å². The first kappa shape index (κ1) is 25.6. The van der Waals surface area contributed by atoms with Gasteiger partial charge >= 0.3 is 0 Å². The molecule has 0 saturated carbocycles. The lowest BCUT2D eigenvalue weighted by Crippen LogP contribution is -2.32. The topological polar surface area (TPSA) is 54.7 Å². The number of hydrogen-bond acceptors (Lipinski definition) is 4. The van der Waals surface area contributed by atoms with Crippen LogP contribution < -0.4 is 10.1 Å². The Hall–Kier alpha value is -3.05. The highest BCUT2D eigenvalue weighted by Gasteiger charge is 2.15. The second kappa shape index (κ2) is 11.9. The van der Waals surface area contributed by atoms with Gasteiger partial charge in [0.25, 0.3) is 0 Å². The van der Waals surface area contributed by atoms with Crippen molar-refractivity contribution in [3.8, 4) is 16.9 Å². The number of allylic oxidation sites excluding steroid dienone is 1. The van der Waals surface area contributed by atoms with Crippen LogP contribution in [0.1, 0.15) is 51.7 Å². The van der Waals surface area contributed by atoms with Crippen molar-refractivity contribution in [2.45, 2.75) is 53.5 Å². The van der Waals surface area contributed by atoms with E-state index < -0.39 is 0 Å². The van der Waals surface area contributed by atoms with Crippen molar-refractivity contribution in [1.29, 1.82) is 0 Å². The summed E-state index contributed by atoms with van der Waals surface area (Å²) in [5.74, 6) is 0.604. The van der Waals surface area contributed by atoms with E-state index in [-0.39, 0.29) is 11.9 Å². The van der Waals surface area contributed by atoms with E-state index in [9.17, 15) is 4.79 Å². The molecule has 3 rings (SSSR count). The SMILES string of the molecule is CCN(CC)CCCC(C)NC(=O)/C=C(\C)c1cc2c(-c3ccc(C)cc3)coc2cc1OC. The Morgan fingerprint density at radius 1 is 1.18 bits per heavy atom. The highest BCUT2D eigenvalue weighted by Crippen LogP contribution is 2.37. The second-order valence-corrected chi connectivity index (χ2v) is 8.97. The van der Waals surface area contributed by atoms with E-state index in [1.807, 2.05) is 13.0 Å². The molecule has 182 valence electrons. The van der Waals surface area contributed by atoms with Crippen LogP contribution >= 0.6 is 0 Å². The summed E-state index contributed by atoms with van der Waals surface area (Å²) in [6, 6.07) is 12.5. The average molecular weight is 463 g/mol. The van der Waals surface area contributed by atoms with Gasteiger partial charge in [-0.3, -0.25) is 4.79 Å². The molecule has 1 aromatic heterocycles. The molecule has 0 fully saturated rings. The molecule has 3 aromatic rings. The molecule has 0 radical (unpaired) electrons. The summed E-state index contributed by atoms with van der Waals surface area (Å²) in [5, 5.41) is 4.11. The number of hydrogen-bond donors (Lipinski definition) is 1. The number of ether oxygens (including phenoxy) is 1. The Balaban J connectivity index is 1.77. The lowest BCUT2D eigenvalue weighted by Gasteiger charge is -2.19. The number of benzene rings is 2. The lowest BCUT2D eigenvalue weighted by atomic mass is 9.98. The maximum Gasteiger partial charge on any atom is 0.244 e. The zero-order valence-corrected chi connectivity index (χ0v) is 21.4. The van der Waals surface area contributed by atoms with Crippen LogP contribution in [-0.2, 0) is 4.79 Å². The minimum Gasteiger partial charge on any atom is -0.496 e. The first-order chi connectivity index (χ1) is 16.4. The highest BCUT2D eigenvalue weighted by molar-refractivity contribution is 6.00. The van der Waals surface area contributed by atoms with Gasteiger partial charge in [0.05, 0.1) is 13.4 Å². The van der Waals surface area contributed by atoms with E-state index >= 15 is 0 Å². The molecule has 1 unspecified atom stereocenters. The number of nitrogens with one attached hydrogen (secondary N) is 1. The normalized spacial score (nSPS) is 12.9. The first-order valence-electron chi connectivity index (χ1n) is 12.2. The van der Waals surface area contributed by atoms with Gasteiger partial charge in [-0.25, -0.2) is 0 Å². The predicted octanol–water partition coefficient (Wildman–Crippen LogP) is 6.45. The van der Waals surface area contributed by atoms with Crippen molar-refractivity contribution in [1.82, 2.24) is 10.2 Å². The van der Waals surface area contributed by atoms with E-state index in [1.54, 1.807) is 19.4 Å². The zero-order chi connectivity index (χ0) is 24.7. The molecular formula is C29H38N2O3. The lowest BCUT2D eigenvalue weighted by molar-refractivity contribution is -0.117. The molecule has 0 saturated heterocycles. The molecule has 5 nitrogen and oxygen atoms in total. The molecule has 5 heteroatoms. The summed E-state index contributed by atoms with van der Waals surface area (Å²) >= 11 is 0. The fourth-order valence-corrected chi connectivity index (χ4v) is 4.28. The zero-order valence-electron chi connectivity index (χ0n) is 21.4. The van der Waals surface area contributed by atoms with Gasteiger partial charge in [-0.2, -0.15) is 0 Å². The summed E-state index contributed by atoms with van der Waals surface area (Å²) in [6.45, 7) is 13.6. The Labute approximate surface area is 203 Å². The second-order valence-electron chi connectivity index (χ2n) is 8.97. The fraction of sp³-hybridized carbons (Fsp3) is 0.414. The van der Waals surface area contributed by atoms with Gasteiger partial charge in [-0.15, -0.1) is 0 Å². The van der Waals surface area contributed by atoms with Crippen LogP contribution in [0.3, 0.4) is 0 Å². The van der Waals surface area contributed by atoms with Crippen molar-refractivity contribution >= 4 is 22.4 Å². The number of amides is 1. The maximum atomic E-state index is 12.7. The molecule has 0 aliphatic heterocycles. The number of aryl methyl sites for hydroxylation is 1. The van der Waals surface area contributed by atoms with Gasteiger partial charge in [0.15, 0.2) is 0 Å². The minimum atomic E-state index is -0.0825. The van der Waals surface area contributed by atoms with Crippen LogP contribution in [0.2, 0.25) is 0 Å². The molecule has 1 heterocycles. The van der Waals surface area contributed by atoms with E-state index in [4.69, 9.17) is 9.15 Å². The quantitative estimate of drug-likeness (QED) is 0.333. The third-order valence-electron chi connectivity index (χ3n) is 6.43. The summed E-state index contributed by atoms with van der Waals surface area (Å²) in [7, 11) is 1.64. The van der Waals surface area contributed by atoms with Crippen molar-refractivity contribution in [3.63, 3.8) is 0 Å². The van der Waals surface area contributed by atoms with E-state index in [0.29, 0.717) is 5.75 Å². The number of rotatable bonds is 11. The molecule has 0 aliphatic carbocycles. The molecule has 34 heavy (non-hydrogen) atoms. The van der Waals surface area contributed by atoms with Crippen molar-refractivity contribution < 1.29 is 13.9 Å². The van der Waals surface area contributed by atoms with E-state index in [2.05, 4.69) is 68.2 Å². The van der Waals surface area contributed by atoms with Crippen molar-refractivity contribution in [3.05, 3.63) is 59.9 Å². The van der Waals surface area contributed by atoms with Gasteiger partial charge in [-0.1, -0.05) is 43.7 Å². The van der Waals surface area contributed by atoms with Crippen LogP contribution in [0.4, 0.5) is 0 Å². The first-order valence-corrected chi connectivity index (χ1v) is 12.2. The summed E-state index contributed by atoms with van der Waals surface area (Å²) in [4.78, 5) is 15.1. The van der Waals surface area contributed by atoms with Gasteiger partial charge in [0.1, 0.15) is 11.3 Å². The van der Waals surface area contributed by atoms with Gasteiger partial charge < -0.3 is 19.4 Å². The van der Waals surface area contributed by atoms with Crippen LogP contribution in [0.5, 0.6) is 5.75 Å². The third-order valence-corrected chi connectivity index (χ3v) is 6.43. The molecule has 2 aromatic carbocycles. The monoisotopic (exact) mass is 462 g/mol.